The number of nitrogens with one attached hydrogen (secondary N) is 1. The normalized spacial score (nSPS) is 21.8. The molecule has 1 aromatic carbocycles. The second-order valence-electron chi connectivity index (χ2n) is 7.26. The third kappa shape index (κ3) is 4.53. The van der Waals surface area contributed by atoms with Crippen LogP contribution in [0.2, 0.25) is 0 Å². The number of ether oxygens (including phenoxy) is 1. The van der Waals surface area contributed by atoms with Crippen molar-refractivity contribution in [2.75, 3.05) is 7.11 Å². The largest absolute Gasteiger partial charge is 0.497 e. The number of carbonyl (C=O) groups is 2. The van der Waals surface area contributed by atoms with Crippen LogP contribution in [0, 0.1) is 5.92 Å². The lowest BCUT2D eigenvalue weighted by Gasteiger charge is -2.33. The molecule has 1 saturated heterocycles. The van der Waals surface area contributed by atoms with E-state index in [1.54, 1.807) is 7.11 Å². The van der Waals surface area contributed by atoms with E-state index in [1.807, 2.05) is 29.2 Å². The van der Waals surface area contributed by atoms with E-state index in [2.05, 4.69) is 12.2 Å². The molecule has 1 N–H and O–H groups in total. The van der Waals surface area contributed by atoms with Gasteiger partial charge in [0, 0.05) is 19.0 Å². The Bertz CT molecular complexity index is 610. The van der Waals surface area contributed by atoms with Gasteiger partial charge >= 0.3 is 0 Å². The molecule has 2 atom stereocenters. The highest BCUT2D eigenvalue weighted by atomic mass is 16.5. The van der Waals surface area contributed by atoms with Gasteiger partial charge in [0.05, 0.1) is 7.11 Å². The van der Waals surface area contributed by atoms with E-state index in [4.69, 9.17) is 4.74 Å². The fourth-order valence-electron chi connectivity index (χ4n) is 3.54. The zero-order valence-corrected chi connectivity index (χ0v) is 15.2. The molecule has 25 heavy (non-hydrogen) atoms. The van der Waals surface area contributed by atoms with Crippen LogP contribution in [0.25, 0.3) is 0 Å². The predicted molar refractivity (Wildman–Crippen MR) is 96.1 cm³/mol. The SMILES string of the molecule is COc1ccc(CN(C(=O)[C@@H]2CCCCC(=O)N2)[C@@H](C)C2CC2)cc1. The van der Waals surface area contributed by atoms with Gasteiger partial charge in [0.1, 0.15) is 11.8 Å². The summed E-state index contributed by atoms with van der Waals surface area (Å²) in [4.78, 5) is 27.0. The van der Waals surface area contributed by atoms with Gasteiger partial charge in [-0.2, -0.15) is 0 Å². The van der Waals surface area contributed by atoms with Crippen LogP contribution in [0.1, 0.15) is 51.0 Å². The lowest BCUT2D eigenvalue weighted by Crippen LogP contribution is -2.50. The molecule has 136 valence electrons. The molecule has 2 fully saturated rings. The highest BCUT2D eigenvalue weighted by Gasteiger charge is 2.37. The second kappa shape index (κ2) is 7.89. The average molecular weight is 344 g/mol. The van der Waals surface area contributed by atoms with Crippen molar-refractivity contribution in [1.82, 2.24) is 10.2 Å². The number of carbonyl (C=O) groups excluding carboxylic acids is 2. The van der Waals surface area contributed by atoms with Crippen molar-refractivity contribution in [1.29, 1.82) is 0 Å². The van der Waals surface area contributed by atoms with Crippen molar-refractivity contribution in [3.63, 3.8) is 0 Å². The summed E-state index contributed by atoms with van der Waals surface area (Å²) in [7, 11) is 1.65. The van der Waals surface area contributed by atoms with Crippen LogP contribution in [-0.4, -0.2) is 35.9 Å². The quantitative estimate of drug-likeness (QED) is 0.863. The number of methoxy groups -OCH3 is 1. The Morgan fingerprint density at radius 2 is 1.96 bits per heavy atom. The Balaban J connectivity index is 1.75. The molecule has 1 aromatic rings. The molecular formula is C20H28N2O3. The van der Waals surface area contributed by atoms with E-state index in [-0.39, 0.29) is 23.9 Å². The third-order valence-electron chi connectivity index (χ3n) is 5.37. The third-order valence-corrected chi connectivity index (χ3v) is 5.37. The number of hydrogen-bond acceptors (Lipinski definition) is 3. The highest BCUT2D eigenvalue weighted by molar-refractivity contribution is 5.88. The summed E-state index contributed by atoms with van der Waals surface area (Å²) in [6, 6.07) is 7.68. The summed E-state index contributed by atoms with van der Waals surface area (Å²) in [6.45, 7) is 2.71. The van der Waals surface area contributed by atoms with Crippen molar-refractivity contribution >= 4 is 11.8 Å². The van der Waals surface area contributed by atoms with Gasteiger partial charge in [0.15, 0.2) is 0 Å². The maximum Gasteiger partial charge on any atom is 0.245 e. The minimum atomic E-state index is -0.380. The number of nitrogens with zero attached hydrogens (tertiary/aromatic N) is 1. The Hall–Kier alpha value is -2.04. The highest BCUT2D eigenvalue weighted by Crippen LogP contribution is 2.36. The van der Waals surface area contributed by atoms with Gasteiger partial charge in [-0.05, 0) is 56.2 Å². The van der Waals surface area contributed by atoms with E-state index < -0.39 is 0 Å². The van der Waals surface area contributed by atoms with Gasteiger partial charge in [-0.15, -0.1) is 0 Å². The average Bonchev–Trinajstić information content (AvgIpc) is 3.47. The van der Waals surface area contributed by atoms with Crippen LogP contribution in [0.15, 0.2) is 24.3 Å². The number of hydrogen-bond donors (Lipinski definition) is 1. The Labute approximate surface area is 149 Å². The summed E-state index contributed by atoms with van der Waals surface area (Å²) in [6.07, 6.45) is 5.42. The molecule has 0 aromatic heterocycles. The van der Waals surface area contributed by atoms with Crippen molar-refractivity contribution in [2.24, 2.45) is 5.92 Å². The van der Waals surface area contributed by atoms with Crippen LogP contribution in [0.5, 0.6) is 5.75 Å². The van der Waals surface area contributed by atoms with E-state index in [0.717, 1.165) is 30.6 Å². The minimum absolute atomic E-state index is 0.000627. The number of rotatable bonds is 6. The fourth-order valence-corrected chi connectivity index (χ4v) is 3.54. The maximum atomic E-state index is 13.2. The summed E-state index contributed by atoms with van der Waals surface area (Å²) in [5.41, 5.74) is 1.08. The first-order valence-electron chi connectivity index (χ1n) is 9.31. The molecule has 3 rings (SSSR count). The van der Waals surface area contributed by atoms with E-state index in [1.165, 1.54) is 12.8 Å². The molecule has 5 heteroatoms. The van der Waals surface area contributed by atoms with Crippen molar-refractivity contribution in [2.45, 2.75) is 64.1 Å². The Morgan fingerprint density at radius 1 is 1.24 bits per heavy atom. The molecule has 0 spiro atoms. The maximum absolute atomic E-state index is 13.2. The predicted octanol–water partition coefficient (Wildman–Crippen LogP) is 2.88. The molecule has 1 heterocycles. The molecule has 2 amide bonds. The molecular weight excluding hydrogens is 316 g/mol. The van der Waals surface area contributed by atoms with Gasteiger partial charge in [-0.25, -0.2) is 0 Å². The summed E-state index contributed by atoms with van der Waals surface area (Å²) in [5.74, 6) is 1.46. The topological polar surface area (TPSA) is 58.6 Å². The first-order chi connectivity index (χ1) is 12.1. The Kier molecular flexibility index (Phi) is 5.61. The van der Waals surface area contributed by atoms with E-state index >= 15 is 0 Å². The van der Waals surface area contributed by atoms with Gasteiger partial charge in [0.2, 0.25) is 11.8 Å². The van der Waals surface area contributed by atoms with Crippen LogP contribution in [0.4, 0.5) is 0 Å². The van der Waals surface area contributed by atoms with Gasteiger partial charge < -0.3 is 15.0 Å². The second-order valence-corrected chi connectivity index (χ2v) is 7.26. The van der Waals surface area contributed by atoms with E-state index in [9.17, 15) is 9.59 Å². The first kappa shape index (κ1) is 17.8. The van der Waals surface area contributed by atoms with Crippen LogP contribution in [-0.2, 0) is 16.1 Å². The van der Waals surface area contributed by atoms with E-state index in [0.29, 0.717) is 18.9 Å². The van der Waals surface area contributed by atoms with Gasteiger partial charge in [-0.3, -0.25) is 9.59 Å². The lowest BCUT2D eigenvalue weighted by atomic mass is 10.1. The lowest BCUT2D eigenvalue weighted by molar-refractivity contribution is -0.139. The molecule has 0 bridgehead atoms. The van der Waals surface area contributed by atoms with Gasteiger partial charge in [-0.1, -0.05) is 18.6 Å². The fraction of sp³-hybridized carbons (Fsp3) is 0.600. The zero-order chi connectivity index (χ0) is 17.8. The van der Waals surface area contributed by atoms with Crippen LogP contribution < -0.4 is 10.1 Å². The standard InChI is InChI=1S/C20H28N2O3/c1-14(16-9-10-16)22(13-15-7-11-17(25-2)12-8-15)20(24)18-5-3-4-6-19(23)21-18/h7-8,11-12,14,16,18H,3-6,9-10,13H2,1-2H3,(H,21,23)/t14-,18-/m0/s1. The summed E-state index contributed by atoms with van der Waals surface area (Å²) >= 11 is 0. The van der Waals surface area contributed by atoms with Gasteiger partial charge in [0.25, 0.3) is 0 Å². The molecule has 1 saturated carbocycles. The molecule has 1 aliphatic heterocycles. The molecule has 1 aliphatic carbocycles. The summed E-state index contributed by atoms with van der Waals surface area (Å²) < 4.78 is 5.21. The Morgan fingerprint density at radius 3 is 2.60 bits per heavy atom. The first-order valence-corrected chi connectivity index (χ1v) is 9.31. The summed E-state index contributed by atoms with van der Waals surface area (Å²) in [5, 5.41) is 2.93. The molecule has 5 nitrogen and oxygen atoms in total. The molecule has 2 aliphatic rings. The van der Waals surface area contributed by atoms with Crippen LogP contribution >= 0.6 is 0 Å². The van der Waals surface area contributed by atoms with Crippen molar-refractivity contribution in [3.05, 3.63) is 29.8 Å². The molecule has 0 unspecified atom stereocenters. The number of benzene rings is 1. The smallest absolute Gasteiger partial charge is 0.245 e. The number of amides is 2. The van der Waals surface area contributed by atoms with Crippen molar-refractivity contribution in [3.8, 4) is 5.75 Å². The molecule has 0 radical (unpaired) electrons. The monoisotopic (exact) mass is 344 g/mol. The zero-order valence-electron chi connectivity index (χ0n) is 15.2. The minimum Gasteiger partial charge on any atom is -0.497 e. The van der Waals surface area contributed by atoms with Crippen molar-refractivity contribution < 1.29 is 14.3 Å². The van der Waals surface area contributed by atoms with Crippen LogP contribution in [0.3, 0.4) is 0 Å².